The minimum atomic E-state index is 0.389. The molecule has 0 rings (SSSR count). The van der Waals surface area contributed by atoms with Gasteiger partial charge in [0, 0.05) is 5.33 Å². The first kappa shape index (κ1) is 8.50. The fraction of sp³-hybridized carbons (Fsp3) is 0.600. The molecule has 0 aromatic rings. The summed E-state index contributed by atoms with van der Waals surface area (Å²) >= 11 is 6.64. The lowest BCUT2D eigenvalue weighted by Gasteiger charge is -2.02. The van der Waals surface area contributed by atoms with Gasteiger partial charge in [0.1, 0.15) is 6.61 Å². The van der Waals surface area contributed by atoms with Crippen molar-refractivity contribution in [2.45, 2.75) is 4.83 Å². The number of ether oxygens (including phenoxy) is 1. The van der Waals surface area contributed by atoms with Crippen molar-refractivity contribution < 1.29 is 4.74 Å². The third-order valence-corrected chi connectivity index (χ3v) is 2.80. The molecule has 0 aliphatic heterocycles. The summed E-state index contributed by atoms with van der Waals surface area (Å²) in [7, 11) is 0. The minimum absolute atomic E-state index is 0.389. The van der Waals surface area contributed by atoms with Gasteiger partial charge in [0.25, 0.3) is 0 Å². The van der Waals surface area contributed by atoms with Crippen LogP contribution >= 0.6 is 31.9 Å². The Morgan fingerprint density at radius 1 is 1.75 bits per heavy atom. The fourth-order valence-corrected chi connectivity index (χ4v) is 0.557. The molecule has 1 nitrogen and oxygen atoms in total. The molecule has 0 aromatic carbocycles. The molecule has 48 valence electrons. The van der Waals surface area contributed by atoms with Crippen molar-refractivity contribution in [1.82, 2.24) is 0 Å². The smallest absolute Gasteiger partial charge is 0.101 e. The van der Waals surface area contributed by atoms with Crippen LogP contribution in [-0.4, -0.2) is 16.8 Å². The molecule has 0 N–H and O–H groups in total. The largest absolute Gasteiger partial charge is 0.501 e. The normalized spacial score (nSPS) is 12.8. The van der Waals surface area contributed by atoms with E-state index in [9.17, 15) is 0 Å². The van der Waals surface area contributed by atoms with Crippen LogP contribution in [0.2, 0.25) is 0 Å². The van der Waals surface area contributed by atoms with Gasteiger partial charge < -0.3 is 4.74 Å². The van der Waals surface area contributed by atoms with Crippen LogP contribution in [0.1, 0.15) is 0 Å². The van der Waals surface area contributed by atoms with Crippen LogP contribution in [0, 0.1) is 0 Å². The van der Waals surface area contributed by atoms with Crippen molar-refractivity contribution in [2.75, 3.05) is 11.9 Å². The van der Waals surface area contributed by atoms with Gasteiger partial charge in [-0.2, -0.15) is 0 Å². The van der Waals surface area contributed by atoms with Gasteiger partial charge in [-0.3, -0.25) is 0 Å². The molecule has 0 fully saturated rings. The predicted octanol–water partition coefficient (Wildman–Crippen LogP) is 2.30. The van der Waals surface area contributed by atoms with E-state index in [1.54, 1.807) is 0 Å². The lowest BCUT2D eigenvalue weighted by molar-refractivity contribution is 0.258. The van der Waals surface area contributed by atoms with Gasteiger partial charge in [0.2, 0.25) is 0 Å². The van der Waals surface area contributed by atoms with Crippen molar-refractivity contribution in [3.8, 4) is 0 Å². The maximum Gasteiger partial charge on any atom is 0.101 e. The first-order valence-corrected chi connectivity index (χ1v) is 4.27. The van der Waals surface area contributed by atoms with Gasteiger partial charge in [-0.1, -0.05) is 38.4 Å². The standard InChI is InChI=1S/C5H8Br2O/c1-2-8-4-5(7)3-6/h2,5H,1,3-4H2. The van der Waals surface area contributed by atoms with Crippen LogP contribution < -0.4 is 0 Å². The third kappa shape index (κ3) is 4.65. The summed E-state index contributed by atoms with van der Waals surface area (Å²) in [6.07, 6.45) is 1.44. The van der Waals surface area contributed by atoms with Crippen molar-refractivity contribution in [3.63, 3.8) is 0 Å². The summed E-state index contributed by atoms with van der Waals surface area (Å²) in [6, 6.07) is 0. The number of hydrogen-bond donors (Lipinski definition) is 0. The highest BCUT2D eigenvalue weighted by Gasteiger charge is 1.98. The van der Waals surface area contributed by atoms with Gasteiger partial charge >= 0.3 is 0 Å². The highest BCUT2D eigenvalue weighted by molar-refractivity contribution is 9.12. The van der Waals surface area contributed by atoms with E-state index < -0.39 is 0 Å². The van der Waals surface area contributed by atoms with Crippen LogP contribution in [0.25, 0.3) is 0 Å². The molecule has 0 aromatic heterocycles. The lowest BCUT2D eigenvalue weighted by atomic mass is 10.5. The van der Waals surface area contributed by atoms with E-state index in [2.05, 4.69) is 38.4 Å². The molecule has 0 heterocycles. The molecule has 8 heavy (non-hydrogen) atoms. The van der Waals surface area contributed by atoms with Crippen molar-refractivity contribution in [1.29, 1.82) is 0 Å². The summed E-state index contributed by atoms with van der Waals surface area (Å²) in [4.78, 5) is 0.389. The quantitative estimate of drug-likeness (QED) is 0.544. The Morgan fingerprint density at radius 3 is 2.75 bits per heavy atom. The molecule has 1 unspecified atom stereocenters. The van der Waals surface area contributed by atoms with E-state index in [0.717, 1.165) is 5.33 Å². The molecule has 0 spiro atoms. The number of alkyl halides is 2. The molecule has 0 saturated carbocycles. The van der Waals surface area contributed by atoms with E-state index in [1.165, 1.54) is 6.26 Å². The van der Waals surface area contributed by atoms with E-state index in [0.29, 0.717) is 11.4 Å². The summed E-state index contributed by atoms with van der Waals surface area (Å²) < 4.78 is 4.87. The fourth-order valence-electron chi connectivity index (χ4n) is 0.217. The summed E-state index contributed by atoms with van der Waals surface area (Å²) in [6.45, 7) is 4.08. The highest BCUT2D eigenvalue weighted by atomic mass is 79.9. The zero-order valence-corrected chi connectivity index (χ0v) is 7.61. The second kappa shape index (κ2) is 5.63. The van der Waals surface area contributed by atoms with E-state index in [-0.39, 0.29) is 0 Å². The van der Waals surface area contributed by atoms with E-state index >= 15 is 0 Å². The number of rotatable bonds is 4. The van der Waals surface area contributed by atoms with Crippen LogP contribution in [0.4, 0.5) is 0 Å². The van der Waals surface area contributed by atoms with Gasteiger partial charge in [-0.15, -0.1) is 0 Å². The second-order valence-electron chi connectivity index (χ2n) is 1.25. The average Bonchev–Trinajstić information content (AvgIpc) is 1.83. The van der Waals surface area contributed by atoms with E-state index in [1.807, 2.05) is 0 Å². The third-order valence-electron chi connectivity index (χ3n) is 0.562. The Hall–Kier alpha value is 0.500. The Morgan fingerprint density at radius 2 is 2.38 bits per heavy atom. The predicted molar refractivity (Wildman–Crippen MR) is 42.7 cm³/mol. The second-order valence-corrected chi connectivity index (χ2v) is 3.19. The molecule has 0 saturated heterocycles. The topological polar surface area (TPSA) is 9.23 Å². The van der Waals surface area contributed by atoms with Gasteiger partial charge in [-0.05, 0) is 0 Å². The SMILES string of the molecule is C=COCC(Br)CBr. The van der Waals surface area contributed by atoms with Gasteiger partial charge in [0.05, 0.1) is 11.1 Å². The molecule has 0 aliphatic carbocycles. The Balaban J connectivity index is 2.97. The molecular formula is C5H8Br2O. The van der Waals surface area contributed by atoms with Crippen LogP contribution in [0.15, 0.2) is 12.8 Å². The first-order valence-electron chi connectivity index (χ1n) is 2.23. The summed E-state index contributed by atoms with van der Waals surface area (Å²) in [5.41, 5.74) is 0. The summed E-state index contributed by atoms with van der Waals surface area (Å²) in [5, 5.41) is 0.904. The number of hydrogen-bond acceptors (Lipinski definition) is 1. The molecule has 0 bridgehead atoms. The van der Waals surface area contributed by atoms with E-state index in [4.69, 9.17) is 4.74 Å². The molecule has 0 amide bonds. The molecule has 1 atom stereocenters. The molecule has 3 heteroatoms. The van der Waals surface area contributed by atoms with Crippen LogP contribution in [0.5, 0.6) is 0 Å². The zero-order valence-electron chi connectivity index (χ0n) is 4.44. The van der Waals surface area contributed by atoms with Crippen LogP contribution in [0.3, 0.4) is 0 Å². The maximum atomic E-state index is 4.87. The molecular weight excluding hydrogens is 236 g/mol. The van der Waals surface area contributed by atoms with Gasteiger partial charge in [-0.25, -0.2) is 0 Å². The minimum Gasteiger partial charge on any atom is -0.501 e. The van der Waals surface area contributed by atoms with Crippen molar-refractivity contribution in [2.24, 2.45) is 0 Å². The van der Waals surface area contributed by atoms with Crippen molar-refractivity contribution in [3.05, 3.63) is 12.8 Å². The number of halogens is 2. The molecule has 0 radical (unpaired) electrons. The zero-order chi connectivity index (χ0) is 6.41. The summed E-state index contributed by atoms with van der Waals surface area (Å²) in [5.74, 6) is 0. The average molecular weight is 244 g/mol. The lowest BCUT2D eigenvalue weighted by Crippen LogP contribution is -2.06. The first-order chi connectivity index (χ1) is 3.81. The Bertz CT molecular complexity index is 65.4. The maximum absolute atomic E-state index is 4.87. The monoisotopic (exact) mass is 242 g/mol. The Labute approximate surface area is 66.4 Å². The van der Waals surface area contributed by atoms with Gasteiger partial charge in [0.15, 0.2) is 0 Å². The molecule has 0 aliphatic rings. The Kier molecular flexibility index (Phi) is 5.99. The highest BCUT2D eigenvalue weighted by Crippen LogP contribution is 2.03. The van der Waals surface area contributed by atoms with Crippen LogP contribution in [-0.2, 0) is 4.74 Å². The van der Waals surface area contributed by atoms with Crippen molar-refractivity contribution >= 4 is 31.9 Å².